The monoisotopic (exact) mass is 385 g/mol. The van der Waals surface area contributed by atoms with E-state index in [2.05, 4.69) is 15.3 Å². The molecule has 2 aromatic heterocycles. The first-order valence-electron chi connectivity index (χ1n) is 9.33. The Bertz CT molecular complexity index is 1240. The number of H-pyrrole nitrogens is 1. The number of aromatic nitrogens is 2. The number of carbonyl (C=O) groups excluding carboxylic acids is 1. The van der Waals surface area contributed by atoms with Gasteiger partial charge in [0.2, 0.25) is 5.91 Å². The molecule has 0 bridgehead atoms. The Hall–Kier alpha value is -3.73. The van der Waals surface area contributed by atoms with Crippen molar-refractivity contribution in [3.63, 3.8) is 0 Å². The van der Waals surface area contributed by atoms with Crippen LogP contribution in [0.5, 0.6) is 0 Å². The van der Waals surface area contributed by atoms with Crippen molar-refractivity contribution in [2.75, 3.05) is 5.32 Å². The minimum Gasteiger partial charge on any atom is -0.346 e. The second kappa shape index (κ2) is 7.72. The van der Waals surface area contributed by atoms with E-state index in [1.54, 1.807) is 44.4 Å². The van der Waals surface area contributed by atoms with Crippen molar-refractivity contribution in [1.82, 2.24) is 9.97 Å². The van der Waals surface area contributed by atoms with E-state index < -0.39 is 0 Å². The zero-order chi connectivity index (χ0) is 20.4. The lowest BCUT2D eigenvalue weighted by atomic mass is 10.0. The first-order valence-corrected chi connectivity index (χ1v) is 9.33. The molecule has 0 saturated heterocycles. The molecule has 2 N–H and O–H groups in total. The average Bonchev–Trinajstić information content (AvgIpc) is 3.13. The van der Waals surface area contributed by atoms with Gasteiger partial charge < -0.3 is 10.3 Å². The number of halogens is 1. The molecule has 144 valence electrons. The topological polar surface area (TPSA) is 57.8 Å². The van der Waals surface area contributed by atoms with E-state index in [-0.39, 0.29) is 11.7 Å². The first-order chi connectivity index (χ1) is 14.1. The van der Waals surface area contributed by atoms with Gasteiger partial charge in [0.05, 0.1) is 0 Å². The number of nitrogens with zero attached hydrogens (tertiary/aromatic N) is 1. The largest absolute Gasteiger partial charge is 0.346 e. The van der Waals surface area contributed by atoms with Crippen molar-refractivity contribution < 1.29 is 9.18 Å². The van der Waals surface area contributed by atoms with Crippen molar-refractivity contribution in [1.29, 1.82) is 0 Å². The molecule has 0 atom stereocenters. The van der Waals surface area contributed by atoms with Gasteiger partial charge in [0.25, 0.3) is 0 Å². The van der Waals surface area contributed by atoms with Gasteiger partial charge in [-0.2, -0.15) is 0 Å². The quantitative estimate of drug-likeness (QED) is 0.432. The smallest absolute Gasteiger partial charge is 0.248 e. The van der Waals surface area contributed by atoms with Gasteiger partial charge in [-0.05, 0) is 49.2 Å². The molecule has 0 radical (unpaired) electrons. The number of allylic oxidation sites excluding steroid dienone is 1. The standard InChI is InChI=1S/C24H20FN3O/c1-3-6-22(29)28-18-9-5-8-16(11-18)17-12-20-21(14-27-24(20)26-13-17)19-10-4-7-15(2)23(19)25/h3-14H,1-2H3,(H,26,27)(H,28,29). The summed E-state index contributed by atoms with van der Waals surface area (Å²) in [5, 5.41) is 3.68. The van der Waals surface area contributed by atoms with Crippen molar-refractivity contribution in [2.45, 2.75) is 13.8 Å². The van der Waals surface area contributed by atoms with Crippen molar-refractivity contribution >= 4 is 22.6 Å². The molecular weight excluding hydrogens is 365 g/mol. The summed E-state index contributed by atoms with van der Waals surface area (Å²) in [4.78, 5) is 19.4. The normalized spacial score (nSPS) is 11.3. The van der Waals surface area contributed by atoms with E-state index in [4.69, 9.17) is 0 Å². The summed E-state index contributed by atoms with van der Waals surface area (Å²) in [7, 11) is 0. The van der Waals surface area contributed by atoms with Crippen LogP contribution in [0.3, 0.4) is 0 Å². The van der Waals surface area contributed by atoms with Crippen LogP contribution in [-0.4, -0.2) is 15.9 Å². The number of nitrogens with one attached hydrogen (secondary N) is 2. The first kappa shape index (κ1) is 18.6. The number of fused-ring (bicyclic) bond motifs is 1. The lowest BCUT2D eigenvalue weighted by Crippen LogP contribution is -2.07. The minimum atomic E-state index is -0.229. The van der Waals surface area contributed by atoms with Crippen LogP contribution in [0, 0.1) is 12.7 Å². The molecule has 29 heavy (non-hydrogen) atoms. The van der Waals surface area contributed by atoms with Crippen LogP contribution in [0.2, 0.25) is 0 Å². The third-order valence-electron chi connectivity index (χ3n) is 4.79. The summed E-state index contributed by atoms with van der Waals surface area (Å²) in [5.41, 5.74) is 5.11. The average molecular weight is 385 g/mol. The fraction of sp³-hybridized carbons (Fsp3) is 0.0833. The molecule has 0 aliphatic carbocycles. The molecule has 2 aromatic carbocycles. The Morgan fingerprint density at radius 1 is 1.10 bits per heavy atom. The molecule has 0 fully saturated rings. The zero-order valence-electron chi connectivity index (χ0n) is 16.2. The number of benzene rings is 2. The van der Waals surface area contributed by atoms with Gasteiger partial charge in [-0.3, -0.25) is 4.79 Å². The molecule has 0 aliphatic rings. The number of aromatic amines is 1. The van der Waals surface area contributed by atoms with Crippen LogP contribution >= 0.6 is 0 Å². The molecule has 4 rings (SSSR count). The highest BCUT2D eigenvalue weighted by molar-refractivity contribution is 6.00. The van der Waals surface area contributed by atoms with Gasteiger partial charge in [0.1, 0.15) is 11.5 Å². The van der Waals surface area contributed by atoms with E-state index >= 15 is 0 Å². The summed E-state index contributed by atoms with van der Waals surface area (Å²) in [6.45, 7) is 3.55. The zero-order valence-corrected chi connectivity index (χ0v) is 16.2. The van der Waals surface area contributed by atoms with Gasteiger partial charge >= 0.3 is 0 Å². The van der Waals surface area contributed by atoms with Crippen molar-refractivity contribution in [2.24, 2.45) is 0 Å². The Balaban J connectivity index is 1.77. The molecule has 4 aromatic rings. The summed E-state index contributed by atoms with van der Waals surface area (Å²) in [6.07, 6.45) is 6.72. The van der Waals surface area contributed by atoms with Gasteiger partial charge in [-0.1, -0.05) is 36.4 Å². The molecule has 2 heterocycles. The molecule has 0 unspecified atom stereocenters. The highest BCUT2D eigenvalue weighted by atomic mass is 19.1. The third kappa shape index (κ3) is 3.67. The molecule has 0 aliphatic heterocycles. The van der Waals surface area contributed by atoms with E-state index in [9.17, 15) is 9.18 Å². The molecule has 4 nitrogen and oxygen atoms in total. The SMILES string of the molecule is CC=CC(=O)Nc1cccc(-c2cnc3[nH]cc(-c4cccc(C)c4F)c3c2)c1. The number of hydrogen-bond acceptors (Lipinski definition) is 2. The predicted octanol–water partition coefficient (Wildman–Crippen LogP) is 5.86. The second-order valence-electron chi connectivity index (χ2n) is 6.83. The van der Waals surface area contributed by atoms with Crippen molar-refractivity contribution in [3.8, 4) is 22.3 Å². The van der Waals surface area contributed by atoms with E-state index in [0.717, 1.165) is 22.1 Å². The van der Waals surface area contributed by atoms with E-state index in [1.807, 2.05) is 36.4 Å². The Morgan fingerprint density at radius 3 is 2.76 bits per heavy atom. The van der Waals surface area contributed by atoms with Gasteiger partial charge in [-0.25, -0.2) is 9.37 Å². The maximum atomic E-state index is 14.7. The van der Waals surface area contributed by atoms with Gasteiger partial charge in [0, 0.05) is 40.2 Å². The number of rotatable bonds is 4. The van der Waals surface area contributed by atoms with Crippen molar-refractivity contribution in [3.05, 3.63) is 84.5 Å². The van der Waals surface area contributed by atoms with E-state index in [0.29, 0.717) is 22.5 Å². The summed E-state index contributed by atoms with van der Waals surface area (Å²) >= 11 is 0. The number of anilines is 1. The Morgan fingerprint density at radius 2 is 1.93 bits per heavy atom. The lowest BCUT2D eigenvalue weighted by molar-refractivity contribution is -0.111. The van der Waals surface area contributed by atoms with Gasteiger partial charge in [-0.15, -0.1) is 0 Å². The van der Waals surface area contributed by atoms with Crippen LogP contribution < -0.4 is 5.32 Å². The van der Waals surface area contributed by atoms with Crippen LogP contribution in [0.1, 0.15) is 12.5 Å². The third-order valence-corrected chi connectivity index (χ3v) is 4.79. The minimum absolute atomic E-state index is 0.180. The van der Waals surface area contributed by atoms with Crippen LogP contribution in [0.4, 0.5) is 10.1 Å². The van der Waals surface area contributed by atoms with Gasteiger partial charge in [0.15, 0.2) is 0 Å². The second-order valence-corrected chi connectivity index (χ2v) is 6.83. The molecular formula is C24H20FN3O. The number of carbonyl (C=O) groups is 1. The fourth-order valence-electron chi connectivity index (χ4n) is 3.35. The summed E-state index contributed by atoms with van der Waals surface area (Å²) in [5.74, 6) is -0.409. The number of pyridine rings is 1. The number of hydrogen-bond donors (Lipinski definition) is 2. The van der Waals surface area contributed by atoms with Crippen LogP contribution in [0.15, 0.2) is 73.1 Å². The maximum Gasteiger partial charge on any atom is 0.248 e. The molecule has 5 heteroatoms. The Kier molecular flexibility index (Phi) is 4.96. The van der Waals surface area contributed by atoms with Crippen LogP contribution in [0.25, 0.3) is 33.3 Å². The molecule has 0 saturated carbocycles. The van der Waals surface area contributed by atoms with E-state index in [1.165, 1.54) is 6.08 Å². The lowest BCUT2D eigenvalue weighted by Gasteiger charge is -2.08. The summed E-state index contributed by atoms with van der Waals surface area (Å²) < 4.78 is 14.7. The molecule has 0 spiro atoms. The number of amides is 1. The molecule has 1 amide bonds. The highest BCUT2D eigenvalue weighted by Crippen LogP contribution is 2.33. The fourth-order valence-corrected chi connectivity index (χ4v) is 3.35. The number of aryl methyl sites for hydroxylation is 1. The Labute approximate surface area is 168 Å². The predicted molar refractivity (Wildman–Crippen MR) is 115 cm³/mol. The maximum absolute atomic E-state index is 14.7. The summed E-state index contributed by atoms with van der Waals surface area (Å²) in [6, 6.07) is 14.9. The highest BCUT2D eigenvalue weighted by Gasteiger charge is 2.14. The van der Waals surface area contributed by atoms with Crippen LogP contribution in [-0.2, 0) is 4.79 Å².